The standard InChI is InChI=1S/C13H12F3NO2/c1-3-17-11-7(2)10-8(13(14,15)16)5-4-6-9(10)19-12(11)18/h4-6,17H,3H2,1-2H3. The van der Waals surface area contributed by atoms with Crippen LogP contribution in [-0.2, 0) is 6.18 Å². The molecule has 0 aliphatic rings. The molecule has 0 spiro atoms. The fraction of sp³-hybridized carbons (Fsp3) is 0.308. The van der Waals surface area contributed by atoms with Crippen LogP contribution >= 0.6 is 0 Å². The highest BCUT2D eigenvalue weighted by atomic mass is 19.4. The molecule has 0 atom stereocenters. The summed E-state index contributed by atoms with van der Waals surface area (Å²) in [6.45, 7) is 3.65. The summed E-state index contributed by atoms with van der Waals surface area (Å²) < 4.78 is 43.9. The van der Waals surface area contributed by atoms with Crippen LogP contribution in [0.4, 0.5) is 18.9 Å². The van der Waals surface area contributed by atoms with Gasteiger partial charge in [-0.2, -0.15) is 13.2 Å². The van der Waals surface area contributed by atoms with Gasteiger partial charge in [-0.05, 0) is 31.5 Å². The number of benzene rings is 1. The molecule has 0 aliphatic heterocycles. The SMILES string of the molecule is CCNc1c(C)c2c(C(F)(F)F)cccc2oc1=O. The first-order chi connectivity index (χ1) is 8.86. The van der Waals surface area contributed by atoms with E-state index in [-0.39, 0.29) is 22.2 Å². The van der Waals surface area contributed by atoms with E-state index in [1.165, 1.54) is 19.1 Å². The highest BCUT2D eigenvalue weighted by Crippen LogP contribution is 2.37. The zero-order valence-electron chi connectivity index (χ0n) is 10.4. The Labute approximate surface area is 107 Å². The lowest BCUT2D eigenvalue weighted by molar-refractivity contribution is -0.136. The van der Waals surface area contributed by atoms with E-state index in [9.17, 15) is 18.0 Å². The summed E-state index contributed by atoms with van der Waals surface area (Å²) in [5, 5.41) is 2.66. The van der Waals surface area contributed by atoms with Crippen LogP contribution in [0, 0.1) is 6.92 Å². The third kappa shape index (κ3) is 2.30. The number of hydrogen-bond donors (Lipinski definition) is 1. The molecule has 1 heterocycles. The quantitative estimate of drug-likeness (QED) is 0.849. The summed E-state index contributed by atoms with van der Waals surface area (Å²) in [5.41, 5.74) is -1.19. The largest absolute Gasteiger partial charge is 0.421 e. The van der Waals surface area contributed by atoms with Gasteiger partial charge in [0.1, 0.15) is 11.3 Å². The van der Waals surface area contributed by atoms with E-state index in [0.717, 1.165) is 6.07 Å². The number of fused-ring (bicyclic) bond motifs is 1. The number of hydrogen-bond acceptors (Lipinski definition) is 3. The summed E-state index contributed by atoms with van der Waals surface area (Å²) in [5.74, 6) is 0. The van der Waals surface area contributed by atoms with Gasteiger partial charge in [0, 0.05) is 11.9 Å². The molecule has 3 nitrogen and oxygen atoms in total. The van der Waals surface area contributed by atoms with Crippen molar-refractivity contribution in [3.8, 4) is 0 Å². The Hall–Kier alpha value is -1.98. The average molecular weight is 271 g/mol. The maximum atomic E-state index is 13.0. The van der Waals surface area contributed by atoms with Crippen LogP contribution in [0.15, 0.2) is 27.4 Å². The molecule has 102 valence electrons. The molecule has 0 aliphatic carbocycles. The minimum Gasteiger partial charge on any atom is -0.421 e. The topological polar surface area (TPSA) is 42.2 Å². The number of anilines is 1. The van der Waals surface area contributed by atoms with Crippen LogP contribution in [-0.4, -0.2) is 6.54 Å². The molecule has 0 saturated carbocycles. The van der Waals surface area contributed by atoms with Gasteiger partial charge in [0.15, 0.2) is 0 Å². The highest BCUT2D eigenvalue weighted by Gasteiger charge is 2.34. The smallest absolute Gasteiger partial charge is 0.417 e. The van der Waals surface area contributed by atoms with Crippen LogP contribution < -0.4 is 10.9 Å². The van der Waals surface area contributed by atoms with Crippen LogP contribution in [0.25, 0.3) is 11.0 Å². The lowest BCUT2D eigenvalue weighted by atomic mass is 10.0. The van der Waals surface area contributed by atoms with Crippen molar-refractivity contribution in [3.05, 3.63) is 39.7 Å². The predicted octanol–water partition coefficient (Wildman–Crippen LogP) is 3.55. The number of halogens is 3. The fourth-order valence-corrected chi connectivity index (χ4v) is 2.05. The van der Waals surface area contributed by atoms with Crippen molar-refractivity contribution >= 4 is 16.7 Å². The summed E-state index contributed by atoms with van der Waals surface area (Å²) in [7, 11) is 0. The first-order valence-corrected chi connectivity index (χ1v) is 5.73. The second-order valence-electron chi connectivity index (χ2n) is 4.10. The summed E-state index contributed by atoms with van der Waals surface area (Å²) in [6, 6.07) is 3.56. The molecule has 0 unspecified atom stereocenters. The molecule has 1 aromatic heterocycles. The molecule has 19 heavy (non-hydrogen) atoms. The van der Waals surface area contributed by atoms with E-state index >= 15 is 0 Å². The minimum absolute atomic E-state index is 0.0565. The number of aryl methyl sites for hydroxylation is 1. The first kappa shape index (κ1) is 13.5. The van der Waals surface area contributed by atoms with Crippen molar-refractivity contribution in [3.63, 3.8) is 0 Å². The number of rotatable bonds is 2. The molecule has 0 radical (unpaired) electrons. The van der Waals surface area contributed by atoms with Crippen molar-refractivity contribution in [2.45, 2.75) is 20.0 Å². The first-order valence-electron chi connectivity index (χ1n) is 5.73. The van der Waals surface area contributed by atoms with Crippen molar-refractivity contribution in [2.24, 2.45) is 0 Å². The van der Waals surface area contributed by atoms with Crippen molar-refractivity contribution in [1.29, 1.82) is 0 Å². The van der Waals surface area contributed by atoms with E-state index in [1.807, 2.05) is 0 Å². The van der Waals surface area contributed by atoms with Crippen molar-refractivity contribution in [1.82, 2.24) is 0 Å². The molecule has 1 N–H and O–H groups in total. The fourth-order valence-electron chi connectivity index (χ4n) is 2.05. The molecule has 0 saturated heterocycles. The van der Waals surface area contributed by atoms with Gasteiger partial charge in [-0.15, -0.1) is 0 Å². The minimum atomic E-state index is -4.49. The Morgan fingerprint density at radius 3 is 2.58 bits per heavy atom. The molecule has 0 amide bonds. The maximum absolute atomic E-state index is 13.0. The summed E-state index contributed by atoms with van der Waals surface area (Å²) >= 11 is 0. The van der Waals surface area contributed by atoms with Gasteiger partial charge in [0.05, 0.1) is 5.56 Å². The molecular weight excluding hydrogens is 259 g/mol. The van der Waals surface area contributed by atoms with E-state index in [1.54, 1.807) is 6.92 Å². The van der Waals surface area contributed by atoms with E-state index < -0.39 is 17.4 Å². The van der Waals surface area contributed by atoms with Crippen molar-refractivity contribution in [2.75, 3.05) is 11.9 Å². The Bertz CT molecular complexity index is 674. The lowest BCUT2D eigenvalue weighted by Gasteiger charge is -2.14. The molecule has 2 rings (SSSR count). The Balaban J connectivity index is 2.88. The second kappa shape index (κ2) is 4.60. The van der Waals surface area contributed by atoms with Crippen molar-refractivity contribution < 1.29 is 17.6 Å². The molecular formula is C13H12F3NO2. The Morgan fingerprint density at radius 1 is 1.32 bits per heavy atom. The third-order valence-corrected chi connectivity index (χ3v) is 2.84. The monoisotopic (exact) mass is 271 g/mol. The third-order valence-electron chi connectivity index (χ3n) is 2.84. The van der Waals surface area contributed by atoms with Gasteiger partial charge in [0.25, 0.3) is 0 Å². The normalized spacial score (nSPS) is 11.8. The zero-order valence-corrected chi connectivity index (χ0v) is 10.4. The lowest BCUT2D eigenvalue weighted by Crippen LogP contribution is -2.14. The second-order valence-corrected chi connectivity index (χ2v) is 4.10. The van der Waals surface area contributed by atoms with Crippen LogP contribution in [0.3, 0.4) is 0 Å². The summed E-state index contributed by atoms with van der Waals surface area (Å²) in [6.07, 6.45) is -4.49. The Kier molecular flexibility index (Phi) is 3.26. The van der Waals surface area contributed by atoms with Gasteiger partial charge >= 0.3 is 11.8 Å². The van der Waals surface area contributed by atoms with Gasteiger partial charge in [-0.1, -0.05) is 6.07 Å². The van der Waals surface area contributed by atoms with Crippen LogP contribution in [0.2, 0.25) is 0 Å². The highest BCUT2D eigenvalue weighted by molar-refractivity contribution is 5.88. The Morgan fingerprint density at radius 2 is 2.00 bits per heavy atom. The van der Waals surface area contributed by atoms with E-state index in [4.69, 9.17) is 4.42 Å². The summed E-state index contributed by atoms with van der Waals surface area (Å²) in [4.78, 5) is 11.7. The average Bonchev–Trinajstić information content (AvgIpc) is 2.32. The predicted molar refractivity (Wildman–Crippen MR) is 66.4 cm³/mol. The van der Waals surface area contributed by atoms with Gasteiger partial charge in [-0.25, -0.2) is 4.79 Å². The number of alkyl halides is 3. The number of nitrogens with one attached hydrogen (secondary N) is 1. The molecule has 6 heteroatoms. The molecule has 0 bridgehead atoms. The molecule has 2 aromatic rings. The molecule has 1 aromatic carbocycles. The van der Waals surface area contributed by atoms with Gasteiger partial charge < -0.3 is 9.73 Å². The van der Waals surface area contributed by atoms with Gasteiger partial charge in [-0.3, -0.25) is 0 Å². The zero-order chi connectivity index (χ0) is 14.2. The maximum Gasteiger partial charge on any atom is 0.417 e. The van der Waals surface area contributed by atoms with Crippen LogP contribution in [0.1, 0.15) is 18.1 Å². The van der Waals surface area contributed by atoms with Gasteiger partial charge in [0.2, 0.25) is 0 Å². The van der Waals surface area contributed by atoms with E-state index in [0.29, 0.717) is 6.54 Å². The molecule has 0 fully saturated rings. The van der Waals surface area contributed by atoms with Crippen LogP contribution in [0.5, 0.6) is 0 Å². The van der Waals surface area contributed by atoms with E-state index in [2.05, 4.69) is 5.32 Å².